The molecule has 0 aliphatic carbocycles. The van der Waals surface area contributed by atoms with Gasteiger partial charge < -0.3 is 9.64 Å². The third-order valence-electron chi connectivity index (χ3n) is 3.59. The van der Waals surface area contributed by atoms with Gasteiger partial charge in [-0.15, -0.1) is 0 Å². The zero-order valence-electron chi connectivity index (χ0n) is 10.7. The average Bonchev–Trinajstić information content (AvgIpc) is 2.74. The van der Waals surface area contributed by atoms with Crippen LogP contribution in [0.3, 0.4) is 0 Å². The highest BCUT2D eigenvalue weighted by molar-refractivity contribution is 9.08. The summed E-state index contributed by atoms with van der Waals surface area (Å²) in [4.78, 5) is 2.37. The van der Waals surface area contributed by atoms with Gasteiger partial charge in [0.2, 0.25) is 0 Å². The van der Waals surface area contributed by atoms with Crippen LogP contribution in [0.2, 0.25) is 0 Å². The molecule has 0 spiro atoms. The summed E-state index contributed by atoms with van der Waals surface area (Å²) in [5.41, 5.74) is 3.98. The summed E-state index contributed by atoms with van der Waals surface area (Å²) in [5, 5.41) is 0.899. The number of benzene rings is 1. The van der Waals surface area contributed by atoms with Gasteiger partial charge in [-0.25, -0.2) is 0 Å². The number of ether oxygens (including phenoxy) is 1. The predicted octanol–water partition coefficient (Wildman–Crippen LogP) is 3.50. The molecule has 1 aromatic rings. The molecule has 0 saturated carbocycles. The maximum Gasteiger partial charge on any atom is 0.0750 e. The standard InChI is InChI=1S/C14H20BrNO/c1-10-4-5-14(12(8-10)9-15)16(3)13-6-7-17-11(13)2/h4-5,8,11,13H,6-7,9H2,1-3H3. The molecule has 1 aliphatic heterocycles. The number of hydrogen-bond donors (Lipinski definition) is 0. The molecule has 2 unspecified atom stereocenters. The number of likely N-dealkylation sites (N-methyl/N-ethyl adjacent to an activating group) is 1. The van der Waals surface area contributed by atoms with Gasteiger partial charge in [-0.2, -0.15) is 0 Å². The summed E-state index contributed by atoms with van der Waals surface area (Å²) in [5.74, 6) is 0. The maximum atomic E-state index is 5.65. The van der Waals surface area contributed by atoms with Crippen LogP contribution >= 0.6 is 15.9 Å². The monoisotopic (exact) mass is 297 g/mol. The molecule has 2 atom stereocenters. The highest BCUT2D eigenvalue weighted by Gasteiger charge is 2.28. The van der Waals surface area contributed by atoms with Crippen LogP contribution in [0.5, 0.6) is 0 Å². The zero-order chi connectivity index (χ0) is 12.4. The molecular weight excluding hydrogens is 278 g/mol. The first-order valence-electron chi connectivity index (χ1n) is 6.13. The van der Waals surface area contributed by atoms with Gasteiger partial charge in [0.05, 0.1) is 12.1 Å². The number of rotatable bonds is 3. The van der Waals surface area contributed by atoms with E-state index < -0.39 is 0 Å². The molecule has 3 heteroatoms. The Morgan fingerprint density at radius 1 is 1.47 bits per heavy atom. The van der Waals surface area contributed by atoms with Crippen LogP contribution < -0.4 is 4.90 Å². The van der Waals surface area contributed by atoms with E-state index in [2.05, 4.69) is 59.9 Å². The molecule has 0 aromatic heterocycles. The third-order valence-corrected chi connectivity index (χ3v) is 4.20. The Labute approximate surface area is 112 Å². The van der Waals surface area contributed by atoms with E-state index in [-0.39, 0.29) is 0 Å². The highest BCUT2D eigenvalue weighted by atomic mass is 79.9. The molecule has 2 rings (SSSR count). The van der Waals surface area contributed by atoms with Gasteiger partial charge in [0.15, 0.2) is 0 Å². The second-order valence-corrected chi connectivity index (χ2v) is 5.37. The van der Waals surface area contributed by atoms with E-state index in [1.165, 1.54) is 16.8 Å². The van der Waals surface area contributed by atoms with Crippen molar-refractivity contribution >= 4 is 21.6 Å². The summed E-state index contributed by atoms with van der Waals surface area (Å²) in [6.45, 7) is 5.18. The van der Waals surface area contributed by atoms with Crippen molar-refractivity contribution in [3.05, 3.63) is 29.3 Å². The van der Waals surface area contributed by atoms with Gasteiger partial charge in [0, 0.05) is 24.7 Å². The van der Waals surface area contributed by atoms with Gasteiger partial charge in [0.1, 0.15) is 0 Å². The number of halogens is 1. The van der Waals surface area contributed by atoms with Gasteiger partial charge in [-0.1, -0.05) is 33.6 Å². The lowest BCUT2D eigenvalue weighted by molar-refractivity contribution is 0.118. The minimum absolute atomic E-state index is 0.324. The summed E-state index contributed by atoms with van der Waals surface area (Å²) in [6.07, 6.45) is 1.44. The molecule has 0 radical (unpaired) electrons. The summed E-state index contributed by atoms with van der Waals surface area (Å²) < 4.78 is 5.65. The van der Waals surface area contributed by atoms with Crippen LogP contribution in [0.25, 0.3) is 0 Å². The Hall–Kier alpha value is -0.540. The Balaban J connectivity index is 2.26. The molecule has 0 bridgehead atoms. The first-order chi connectivity index (χ1) is 8.13. The zero-order valence-corrected chi connectivity index (χ0v) is 12.3. The van der Waals surface area contributed by atoms with Gasteiger partial charge in [-0.3, -0.25) is 0 Å². The SMILES string of the molecule is Cc1ccc(N(C)C2CCOC2C)c(CBr)c1. The highest BCUT2D eigenvalue weighted by Crippen LogP contribution is 2.29. The number of hydrogen-bond acceptors (Lipinski definition) is 2. The second kappa shape index (κ2) is 5.40. The summed E-state index contributed by atoms with van der Waals surface area (Å²) in [6, 6.07) is 7.15. The number of nitrogens with zero attached hydrogens (tertiary/aromatic N) is 1. The lowest BCUT2D eigenvalue weighted by Gasteiger charge is -2.30. The minimum atomic E-state index is 0.324. The fraction of sp³-hybridized carbons (Fsp3) is 0.571. The molecular formula is C14H20BrNO. The van der Waals surface area contributed by atoms with Gasteiger partial charge in [-0.05, 0) is 31.9 Å². The molecule has 0 amide bonds. The largest absolute Gasteiger partial charge is 0.376 e. The lowest BCUT2D eigenvalue weighted by Crippen LogP contribution is -2.37. The van der Waals surface area contributed by atoms with Gasteiger partial charge >= 0.3 is 0 Å². The van der Waals surface area contributed by atoms with Gasteiger partial charge in [0.25, 0.3) is 0 Å². The Morgan fingerprint density at radius 3 is 2.82 bits per heavy atom. The smallest absolute Gasteiger partial charge is 0.0750 e. The fourth-order valence-electron chi connectivity index (χ4n) is 2.57. The van der Waals surface area contributed by atoms with E-state index in [4.69, 9.17) is 4.74 Å². The maximum absolute atomic E-state index is 5.65. The van der Waals surface area contributed by atoms with E-state index in [0.717, 1.165) is 18.4 Å². The predicted molar refractivity (Wildman–Crippen MR) is 76.0 cm³/mol. The van der Waals surface area contributed by atoms with Crippen LogP contribution in [0.4, 0.5) is 5.69 Å². The second-order valence-electron chi connectivity index (χ2n) is 4.81. The topological polar surface area (TPSA) is 12.5 Å². The van der Waals surface area contributed by atoms with E-state index in [1.54, 1.807) is 0 Å². The van der Waals surface area contributed by atoms with Crippen molar-refractivity contribution < 1.29 is 4.74 Å². The minimum Gasteiger partial charge on any atom is -0.376 e. The molecule has 1 fully saturated rings. The third kappa shape index (κ3) is 2.66. The Kier molecular flexibility index (Phi) is 4.10. The summed E-state index contributed by atoms with van der Waals surface area (Å²) in [7, 11) is 2.17. The van der Waals surface area contributed by atoms with Crippen LogP contribution in [0, 0.1) is 6.92 Å². The van der Waals surface area contributed by atoms with Crippen molar-refractivity contribution in [2.24, 2.45) is 0 Å². The number of alkyl halides is 1. The molecule has 94 valence electrons. The van der Waals surface area contributed by atoms with E-state index >= 15 is 0 Å². The van der Waals surface area contributed by atoms with E-state index in [0.29, 0.717) is 12.1 Å². The fourth-order valence-corrected chi connectivity index (χ4v) is 3.02. The quantitative estimate of drug-likeness (QED) is 0.792. The Bertz CT molecular complexity index is 394. The van der Waals surface area contributed by atoms with Crippen molar-refractivity contribution in [3.8, 4) is 0 Å². The Morgan fingerprint density at radius 2 is 2.24 bits per heavy atom. The molecule has 0 N–H and O–H groups in total. The van der Waals surface area contributed by atoms with Crippen molar-refractivity contribution in [2.75, 3.05) is 18.6 Å². The number of anilines is 1. The molecule has 2 nitrogen and oxygen atoms in total. The lowest BCUT2D eigenvalue weighted by atomic mass is 10.1. The van der Waals surface area contributed by atoms with Crippen molar-refractivity contribution in [1.82, 2.24) is 0 Å². The van der Waals surface area contributed by atoms with Crippen molar-refractivity contribution in [3.63, 3.8) is 0 Å². The van der Waals surface area contributed by atoms with E-state index in [9.17, 15) is 0 Å². The van der Waals surface area contributed by atoms with Crippen LogP contribution in [0.1, 0.15) is 24.5 Å². The van der Waals surface area contributed by atoms with Crippen molar-refractivity contribution in [1.29, 1.82) is 0 Å². The van der Waals surface area contributed by atoms with Crippen LogP contribution in [0.15, 0.2) is 18.2 Å². The first-order valence-corrected chi connectivity index (χ1v) is 7.25. The molecule has 1 aliphatic rings. The van der Waals surface area contributed by atoms with E-state index in [1.807, 2.05) is 0 Å². The average molecular weight is 298 g/mol. The summed E-state index contributed by atoms with van der Waals surface area (Å²) >= 11 is 3.58. The van der Waals surface area contributed by atoms with Crippen molar-refractivity contribution in [2.45, 2.75) is 37.7 Å². The molecule has 1 aromatic carbocycles. The molecule has 1 heterocycles. The van der Waals surface area contributed by atoms with Crippen LogP contribution in [-0.4, -0.2) is 25.8 Å². The molecule has 1 saturated heterocycles. The normalized spacial score (nSPS) is 24.0. The number of aryl methyl sites for hydroxylation is 1. The molecule has 17 heavy (non-hydrogen) atoms. The first kappa shape index (κ1) is 12.9. The van der Waals surface area contributed by atoms with Crippen LogP contribution in [-0.2, 0) is 10.1 Å².